The summed E-state index contributed by atoms with van der Waals surface area (Å²) >= 11 is 0. The second kappa shape index (κ2) is 9.30. The first-order valence-corrected chi connectivity index (χ1v) is 10.3. The molecular formula is C24H30N2O4. The van der Waals surface area contributed by atoms with Gasteiger partial charge in [0, 0.05) is 5.92 Å². The van der Waals surface area contributed by atoms with Crippen LogP contribution in [0.3, 0.4) is 0 Å². The summed E-state index contributed by atoms with van der Waals surface area (Å²) < 4.78 is 5.51. The van der Waals surface area contributed by atoms with Crippen LogP contribution in [-0.2, 0) is 9.53 Å². The summed E-state index contributed by atoms with van der Waals surface area (Å²) in [6.45, 7) is 2.57. The molecule has 160 valence electrons. The smallest absolute Gasteiger partial charge is 0.408 e. The maximum Gasteiger partial charge on any atom is 0.408 e. The van der Waals surface area contributed by atoms with Gasteiger partial charge in [0.15, 0.2) is 0 Å². The van der Waals surface area contributed by atoms with E-state index in [1.54, 1.807) is 0 Å². The Hall–Kier alpha value is -2.86. The van der Waals surface area contributed by atoms with E-state index in [0.717, 1.165) is 35.2 Å². The first-order chi connectivity index (χ1) is 14.3. The van der Waals surface area contributed by atoms with Crippen molar-refractivity contribution in [2.24, 2.45) is 0 Å². The maximum atomic E-state index is 12.5. The van der Waals surface area contributed by atoms with E-state index >= 15 is 0 Å². The monoisotopic (exact) mass is 410 g/mol. The average Bonchev–Trinajstić information content (AvgIpc) is 3.03. The number of alkyl carbamates (subject to hydrolysis) is 1. The number of hydrogen-bond acceptors (Lipinski definition) is 4. The lowest BCUT2D eigenvalue weighted by Crippen LogP contribution is -2.52. The molecule has 0 radical (unpaired) electrons. The zero-order valence-electron chi connectivity index (χ0n) is 17.9. The third-order valence-corrected chi connectivity index (χ3v) is 5.73. The number of nitrogens with zero attached hydrogens (tertiary/aromatic N) is 1. The average molecular weight is 411 g/mol. The standard InChI is InChI=1S/C24H30N2O4/c1-24(22(27)28,14-8-9-15-26(2)3)25-23(29)30-16-21-19-12-6-4-10-17(19)18-11-5-7-13-20(18)21/h4-7,10-13,21H,8-9,14-16H2,1-3H3,(H,25,29)(H,27,28)/t24-/m0/s1. The van der Waals surface area contributed by atoms with Gasteiger partial charge in [-0.3, -0.25) is 0 Å². The number of rotatable bonds is 9. The van der Waals surface area contributed by atoms with Crippen molar-refractivity contribution in [2.75, 3.05) is 27.2 Å². The van der Waals surface area contributed by atoms with Gasteiger partial charge in [0.25, 0.3) is 0 Å². The Morgan fingerprint density at radius 1 is 1.03 bits per heavy atom. The van der Waals surface area contributed by atoms with Crippen molar-refractivity contribution in [3.63, 3.8) is 0 Å². The van der Waals surface area contributed by atoms with E-state index < -0.39 is 17.6 Å². The molecule has 0 saturated carbocycles. The molecule has 1 amide bonds. The number of ether oxygens (including phenoxy) is 1. The molecule has 0 aliphatic heterocycles. The van der Waals surface area contributed by atoms with Crippen molar-refractivity contribution in [2.45, 2.75) is 37.6 Å². The first-order valence-electron chi connectivity index (χ1n) is 10.3. The van der Waals surface area contributed by atoms with E-state index in [-0.39, 0.29) is 12.5 Å². The molecule has 0 aromatic heterocycles. The minimum absolute atomic E-state index is 0.0562. The number of aliphatic carboxylic acids is 1. The fourth-order valence-corrected chi connectivity index (χ4v) is 3.99. The van der Waals surface area contributed by atoms with Gasteiger partial charge in [0.05, 0.1) is 0 Å². The molecule has 3 rings (SSSR count). The van der Waals surface area contributed by atoms with Crippen LogP contribution in [0.5, 0.6) is 0 Å². The molecule has 6 heteroatoms. The Labute approximate surface area is 177 Å². The summed E-state index contributed by atoms with van der Waals surface area (Å²) in [5, 5.41) is 12.2. The molecule has 2 N–H and O–H groups in total. The minimum Gasteiger partial charge on any atom is -0.480 e. The second-order valence-corrected chi connectivity index (χ2v) is 8.35. The zero-order valence-corrected chi connectivity index (χ0v) is 17.9. The van der Waals surface area contributed by atoms with Gasteiger partial charge in [-0.25, -0.2) is 9.59 Å². The van der Waals surface area contributed by atoms with Gasteiger partial charge >= 0.3 is 12.1 Å². The fourth-order valence-electron chi connectivity index (χ4n) is 3.99. The third kappa shape index (κ3) is 4.82. The second-order valence-electron chi connectivity index (χ2n) is 8.35. The van der Waals surface area contributed by atoms with E-state index in [4.69, 9.17) is 4.74 Å². The summed E-state index contributed by atoms with van der Waals surface area (Å²) in [7, 11) is 3.96. The van der Waals surface area contributed by atoms with Crippen molar-refractivity contribution in [1.82, 2.24) is 10.2 Å². The number of carbonyl (C=O) groups excluding carboxylic acids is 1. The highest BCUT2D eigenvalue weighted by Crippen LogP contribution is 2.44. The van der Waals surface area contributed by atoms with Gasteiger partial charge in [0.2, 0.25) is 0 Å². The molecule has 0 fully saturated rings. The van der Waals surface area contributed by atoms with Crippen LogP contribution in [0.1, 0.15) is 43.2 Å². The van der Waals surface area contributed by atoms with E-state index in [9.17, 15) is 14.7 Å². The van der Waals surface area contributed by atoms with Crippen LogP contribution >= 0.6 is 0 Å². The van der Waals surface area contributed by atoms with Crippen molar-refractivity contribution in [3.05, 3.63) is 59.7 Å². The molecule has 0 spiro atoms. The van der Waals surface area contributed by atoms with Gasteiger partial charge in [-0.1, -0.05) is 48.5 Å². The lowest BCUT2D eigenvalue weighted by Gasteiger charge is -2.26. The van der Waals surface area contributed by atoms with Crippen molar-refractivity contribution in [3.8, 4) is 11.1 Å². The number of benzene rings is 2. The zero-order chi connectivity index (χ0) is 21.7. The normalized spacial score (nSPS) is 14.7. The van der Waals surface area contributed by atoms with Crippen LogP contribution in [0.4, 0.5) is 4.79 Å². The predicted molar refractivity (Wildman–Crippen MR) is 117 cm³/mol. The highest BCUT2D eigenvalue weighted by atomic mass is 16.5. The Balaban J connectivity index is 1.63. The summed E-state index contributed by atoms with van der Waals surface area (Å²) in [5.74, 6) is -1.11. The molecule has 0 unspecified atom stereocenters. The summed E-state index contributed by atoms with van der Waals surface area (Å²) in [5.41, 5.74) is 3.19. The number of unbranched alkanes of at least 4 members (excludes halogenated alkanes) is 1. The summed E-state index contributed by atoms with van der Waals surface area (Å²) in [6.07, 6.45) is 1.21. The number of carbonyl (C=O) groups is 2. The van der Waals surface area contributed by atoms with Crippen molar-refractivity contribution in [1.29, 1.82) is 0 Å². The van der Waals surface area contributed by atoms with E-state index in [1.165, 1.54) is 6.92 Å². The molecule has 2 aromatic rings. The Kier molecular flexibility index (Phi) is 6.77. The fraction of sp³-hybridized carbons (Fsp3) is 0.417. The lowest BCUT2D eigenvalue weighted by molar-refractivity contribution is -0.144. The van der Waals surface area contributed by atoms with Crippen LogP contribution < -0.4 is 5.32 Å². The Morgan fingerprint density at radius 2 is 1.60 bits per heavy atom. The third-order valence-electron chi connectivity index (χ3n) is 5.73. The number of fused-ring (bicyclic) bond motifs is 3. The number of amides is 1. The van der Waals surface area contributed by atoms with Crippen LogP contribution in [-0.4, -0.2) is 54.9 Å². The molecule has 1 atom stereocenters. The van der Waals surface area contributed by atoms with Crippen LogP contribution in [0, 0.1) is 0 Å². The molecular weight excluding hydrogens is 380 g/mol. The number of hydrogen-bond donors (Lipinski definition) is 2. The first kappa shape index (κ1) is 21.8. The van der Waals surface area contributed by atoms with Gasteiger partial charge in [-0.2, -0.15) is 0 Å². The largest absolute Gasteiger partial charge is 0.480 e. The molecule has 1 aliphatic rings. The quantitative estimate of drug-likeness (QED) is 0.609. The highest BCUT2D eigenvalue weighted by molar-refractivity contribution is 5.84. The van der Waals surface area contributed by atoms with Crippen LogP contribution in [0.15, 0.2) is 48.5 Å². The van der Waals surface area contributed by atoms with Crippen LogP contribution in [0.2, 0.25) is 0 Å². The van der Waals surface area contributed by atoms with Crippen molar-refractivity contribution >= 4 is 12.1 Å². The van der Waals surface area contributed by atoms with Gasteiger partial charge in [0.1, 0.15) is 12.1 Å². The Morgan fingerprint density at radius 3 is 2.13 bits per heavy atom. The summed E-state index contributed by atoms with van der Waals surface area (Å²) in [6, 6.07) is 16.2. The SMILES string of the molecule is CN(C)CCCC[C@](C)(NC(=O)OCC1c2ccccc2-c2ccccc21)C(=O)O. The van der Waals surface area contributed by atoms with E-state index in [2.05, 4.69) is 22.3 Å². The maximum absolute atomic E-state index is 12.5. The molecule has 0 bridgehead atoms. The van der Waals surface area contributed by atoms with Gasteiger partial charge in [-0.15, -0.1) is 0 Å². The van der Waals surface area contributed by atoms with Gasteiger partial charge < -0.3 is 20.1 Å². The van der Waals surface area contributed by atoms with Gasteiger partial charge in [-0.05, 0) is 69.1 Å². The van der Waals surface area contributed by atoms with Crippen LogP contribution in [0.25, 0.3) is 11.1 Å². The molecule has 2 aromatic carbocycles. The minimum atomic E-state index is -1.35. The predicted octanol–water partition coefficient (Wildman–Crippen LogP) is 4.10. The molecule has 0 heterocycles. The Bertz CT molecular complexity index is 866. The highest BCUT2D eigenvalue weighted by Gasteiger charge is 2.36. The molecule has 1 aliphatic carbocycles. The van der Waals surface area contributed by atoms with E-state index in [0.29, 0.717) is 12.8 Å². The number of carboxylic acid groups (broad SMARTS) is 1. The lowest BCUT2D eigenvalue weighted by atomic mass is 9.95. The topological polar surface area (TPSA) is 78.9 Å². The van der Waals surface area contributed by atoms with E-state index in [1.807, 2.05) is 50.5 Å². The number of nitrogens with one attached hydrogen (secondary N) is 1. The summed E-state index contributed by atoms with van der Waals surface area (Å²) in [4.78, 5) is 26.3. The number of carboxylic acids is 1. The molecule has 30 heavy (non-hydrogen) atoms. The van der Waals surface area contributed by atoms with Crippen molar-refractivity contribution < 1.29 is 19.4 Å². The molecule has 6 nitrogen and oxygen atoms in total. The molecule has 0 saturated heterocycles.